The lowest BCUT2D eigenvalue weighted by Gasteiger charge is -2.10. The number of ether oxygens (including phenoxy) is 1. The molecule has 0 bridgehead atoms. The minimum atomic E-state index is -0.587. The number of benzene rings is 1. The van der Waals surface area contributed by atoms with Crippen LogP contribution < -0.4 is 16.6 Å². The lowest BCUT2D eigenvalue weighted by Crippen LogP contribution is -2.27. The predicted octanol–water partition coefficient (Wildman–Crippen LogP) is 1.40. The van der Waals surface area contributed by atoms with Gasteiger partial charge in [0.05, 0.1) is 19.0 Å². The summed E-state index contributed by atoms with van der Waals surface area (Å²) in [6.45, 7) is -0.298. The molecule has 2 aromatic rings. The van der Waals surface area contributed by atoms with Gasteiger partial charge in [0.1, 0.15) is 11.6 Å². The molecule has 0 saturated carbocycles. The van der Waals surface area contributed by atoms with Crippen LogP contribution in [0.25, 0.3) is 0 Å². The number of nitrogens with two attached hydrogens (primary N) is 1. The first-order valence-corrected chi connectivity index (χ1v) is 6.34. The Morgan fingerprint density at radius 3 is 2.95 bits per heavy atom. The smallest absolute Gasteiger partial charge is 0.327 e. The summed E-state index contributed by atoms with van der Waals surface area (Å²) in [7, 11) is 1.23. The quantitative estimate of drug-likeness (QED) is 0.654. The lowest BCUT2D eigenvalue weighted by atomic mass is 10.3. The maximum Gasteiger partial charge on any atom is 0.327 e. The average molecular weight is 309 g/mol. The van der Waals surface area contributed by atoms with Crippen LogP contribution in [0.3, 0.4) is 0 Å². The Morgan fingerprint density at radius 1 is 1.52 bits per heavy atom. The number of esters is 1. The summed E-state index contributed by atoms with van der Waals surface area (Å²) in [6, 6.07) is 6.96. The first-order chi connectivity index (χ1) is 10.0. The van der Waals surface area contributed by atoms with Crippen molar-refractivity contribution in [2.24, 2.45) is 0 Å². The second-order valence-electron chi connectivity index (χ2n) is 4.16. The van der Waals surface area contributed by atoms with Crippen molar-refractivity contribution in [3.63, 3.8) is 0 Å². The molecule has 2 rings (SSSR count). The highest BCUT2D eigenvalue weighted by Crippen LogP contribution is 2.22. The van der Waals surface area contributed by atoms with Gasteiger partial charge >= 0.3 is 5.97 Å². The summed E-state index contributed by atoms with van der Waals surface area (Å²) in [5.74, 6) is -0.586. The molecule has 0 atom stereocenters. The molecule has 0 aliphatic heterocycles. The van der Waals surface area contributed by atoms with Crippen LogP contribution >= 0.6 is 11.6 Å². The highest BCUT2D eigenvalue weighted by atomic mass is 35.5. The van der Waals surface area contributed by atoms with Crippen molar-refractivity contribution in [2.45, 2.75) is 6.54 Å². The van der Waals surface area contributed by atoms with E-state index in [4.69, 9.17) is 17.3 Å². The fraction of sp³-hybridized carbons (Fsp3) is 0.154. The molecule has 1 aromatic carbocycles. The molecule has 8 heteroatoms. The van der Waals surface area contributed by atoms with Crippen LogP contribution in [0.15, 0.2) is 35.3 Å². The molecule has 0 aliphatic carbocycles. The van der Waals surface area contributed by atoms with Gasteiger partial charge in [-0.3, -0.25) is 9.59 Å². The minimum Gasteiger partial charge on any atom is -0.468 e. The van der Waals surface area contributed by atoms with Gasteiger partial charge in [-0.25, -0.2) is 4.68 Å². The molecule has 0 radical (unpaired) electrons. The zero-order valence-corrected chi connectivity index (χ0v) is 11.9. The number of aromatic nitrogens is 2. The Hall–Kier alpha value is -2.54. The second kappa shape index (κ2) is 6.27. The number of rotatable bonds is 4. The number of nitrogen functional groups attached to an aromatic ring is 1. The number of hydrogen-bond acceptors (Lipinski definition) is 6. The third kappa shape index (κ3) is 3.51. The molecule has 0 unspecified atom stereocenters. The Labute approximate surface area is 125 Å². The number of carbonyl (C=O) groups is 1. The number of halogens is 1. The van der Waals surface area contributed by atoms with Gasteiger partial charge in [0.15, 0.2) is 0 Å². The largest absolute Gasteiger partial charge is 0.468 e. The Balaban J connectivity index is 2.28. The van der Waals surface area contributed by atoms with E-state index in [-0.39, 0.29) is 11.6 Å². The van der Waals surface area contributed by atoms with Crippen LogP contribution in [-0.2, 0) is 16.1 Å². The maximum atomic E-state index is 12.0. The van der Waals surface area contributed by atoms with Gasteiger partial charge < -0.3 is 15.8 Å². The first-order valence-electron chi connectivity index (χ1n) is 5.96. The van der Waals surface area contributed by atoms with Crippen LogP contribution in [0.1, 0.15) is 0 Å². The van der Waals surface area contributed by atoms with E-state index in [0.29, 0.717) is 17.1 Å². The molecule has 3 N–H and O–H groups in total. The van der Waals surface area contributed by atoms with Crippen LogP contribution in [0, 0.1) is 0 Å². The van der Waals surface area contributed by atoms with E-state index < -0.39 is 11.5 Å². The number of methoxy groups -OCH3 is 1. The zero-order valence-electron chi connectivity index (χ0n) is 11.2. The van der Waals surface area contributed by atoms with Crippen LogP contribution in [0.5, 0.6) is 0 Å². The third-order valence-electron chi connectivity index (χ3n) is 2.66. The Morgan fingerprint density at radius 2 is 2.29 bits per heavy atom. The number of nitrogens with zero attached hydrogens (tertiary/aromatic N) is 2. The molecular formula is C13H13ClN4O3. The van der Waals surface area contributed by atoms with Gasteiger partial charge in [-0.05, 0) is 18.2 Å². The van der Waals surface area contributed by atoms with Crippen molar-refractivity contribution in [1.82, 2.24) is 9.78 Å². The van der Waals surface area contributed by atoms with Crippen molar-refractivity contribution in [3.8, 4) is 0 Å². The van der Waals surface area contributed by atoms with Crippen LogP contribution in [0.4, 0.5) is 17.1 Å². The molecule has 21 heavy (non-hydrogen) atoms. The van der Waals surface area contributed by atoms with E-state index in [0.717, 1.165) is 4.68 Å². The highest BCUT2D eigenvalue weighted by Gasteiger charge is 2.12. The van der Waals surface area contributed by atoms with Crippen LogP contribution in [0.2, 0.25) is 5.02 Å². The molecule has 7 nitrogen and oxygen atoms in total. The normalized spacial score (nSPS) is 10.2. The number of hydrogen-bond donors (Lipinski definition) is 2. The van der Waals surface area contributed by atoms with Crippen molar-refractivity contribution < 1.29 is 9.53 Å². The monoisotopic (exact) mass is 308 g/mol. The fourth-order valence-corrected chi connectivity index (χ4v) is 1.82. The van der Waals surface area contributed by atoms with Crippen molar-refractivity contribution in [3.05, 3.63) is 45.8 Å². The molecule has 0 saturated heterocycles. The molecule has 1 aromatic heterocycles. The molecular weight excluding hydrogens is 296 g/mol. The molecule has 1 heterocycles. The van der Waals surface area contributed by atoms with E-state index in [1.54, 1.807) is 24.3 Å². The summed E-state index contributed by atoms with van der Waals surface area (Å²) in [4.78, 5) is 23.2. The van der Waals surface area contributed by atoms with Gasteiger partial charge in [-0.1, -0.05) is 17.7 Å². The van der Waals surface area contributed by atoms with E-state index >= 15 is 0 Å². The number of nitrogens with one attached hydrogen (secondary N) is 1. The van der Waals surface area contributed by atoms with Gasteiger partial charge in [0, 0.05) is 11.4 Å². The number of anilines is 3. The average Bonchev–Trinajstić information content (AvgIpc) is 2.47. The minimum absolute atomic E-state index is 0.0728. The SMILES string of the molecule is COC(=O)Cn1ncc(Nc2cccc(N)c2)c(Cl)c1=O. The zero-order chi connectivity index (χ0) is 15.4. The summed E-state index contributed by atoms with van der Waals surface area (Å²) in [5.41, 5.74) is 6.65. The predicted molar refractivity (Wildman–Crippen MR) is 79.7 cm³/mol. The van der Waals surface area contributed by atoms with E-state index in [2.05, 4.69) is 15.2 Å². The van der Waals surface area contributed by atoms with Crippen molar-refractivity contribution in [1.29, 1.82) is 0 Å². The molecule has 0 amide bonds. The highest BCUT2D eigenvalue weighted by molar-refractivity contribution is 6.33. The fourth-order valence-electron chi connectivity index (χ4n) is 1.62. The summed E-state index contributed by atoms with van der Waals surface area (Å²) >= 11 is 6.00. The first kappa shape index (κ1) is 14.9. The molecule has 0 aliphatic rings. The molecule has 110 valence electrons. The molecule has 0 spiro atoms. The standard InChI is InChI=1S/C13H13ClN4O3/c1-21-11(19)7-18-13(20)12(14)10(6-16-18)17-9-4-2-3-8(15)5-9/h2-6,17H,7,15H2,1H3. The second-order valence-corrected chi connectivity index (χ2v) is 4.54. The summed E-state index contributed by atoms with van der Waals surface area (Å²) in [5, 5.41) is 6.74. The topological polar surface area (TPSA) is 99.2 Å². The van der Waals surface area contributed by atoms with Gasteiger partial charge in [0.2, 0.25) is 0 Å². The van der Waals surface area contributed by atoms with Gasteiger partial charge in [-0.15, -0.1) is 0 Å². The van der Waals surface area contributed by atoms with Crippen molar-refractivity contribution in [2.75, 3.05) is 18.2 Å². The third-order valence-corrected chi connectivity index (χ3v) is 3.02. The van der Waals surface area contributed by atoms with E-state index in [1.165, 1.54) is 13.3 Å². The summed E-state index contributed by atoms with van der Waals surface area (Å²) in [6.07, 6.45) is 1.36. The van der Waals surface area contributed by atoms with Gasteiger partial charge in [-0.2, -0.15) is 5.10 Å². The Bertz CT molecular complexity index is 730. The lowest BCUT2D eigenvalue weighted by molar-refractivity contribution is -0.141. The van der Waals surface area contributed by atoms with E-state index in [1.807, 2.05) is 0 Å². The van der Waals surface area contributed by atoms with Gasteiger partial charge in [0.25, 0.3) is 5.56 Å². The molecule has 0 fully saturated rings. The maximum absolute atomic E-state index is 12.0. The van der Waals surface area contributed by atoms with Crippen molar-refractivity contribution >= 4 is 34.6 Å². The summed E-state index contributed by atoms with van der Waals surface area (Å²) < 4.78 is 5.41. The van der Waals surface area contributed by atoms with Crippen LogP contribution in [-0.4, -0.2) is 22.9 Å². The number of carbonyl (C=O) groups excluding carboxylic acids is 1. The Kier molecular flexibility index (Phi) is 4.44. The van der Waals surface area contributed by atoms with E-state index in [9.17, 15) is 9.59 Å².